The van der Waals surface area contributed by atoms with E-state index in [0.717, 1.165) is 64.9 Å². The number of nitrogens with zero attached hydrogens (tertiary/aromatic N) is 4. The van der Waals surface area contributed by atoms with Crippen LogP contribution >= 0.6 is 34.4 Å². The average Bonchev–Trinajstić information content (AvgIpc) is 3.91. The number of Topliss-reactive ketones (excluding diaryl/α,β-unsaturated/α-hetero) is 1. The van der Waals surface area contributed by atoms with Crippen molar-refractivity contribution in [3.63, 3.8) is 0 Å². The Bertz CT molecular complexity index is 2670. The van der Waals surface area contributed by atoms with E-state index in [4.69, 9.17) is 4.74 Å². The molecule has 0 saturated heterocycles. The van der Waals surface area contributed by atoms with E-state index < -0.39 is 29.6 Å². The Hall–Kier alpha value is -5.21. The van der Waals surface area contributed by atoms with E-state index >= 15 is 0 Å². The Balaban J connectivity index is 1.15. The Morgan fingerprint density at radius 3 is 2.52 bits per heavy atom. The van der Waals surface area contributed by atoms with Gasteiger partial charge in [0, 0.05) is 31.7 Å². The molecule has 0 bridgehead atoms. The molecule has 13 heteroatoms. The summed E-state index contributed by atoms with van der Waals surface area (Å²) < 4.78 is 47.1. The Morgan fingerprint density at radius 2 is 1.67 bits per heavy atom. The lowest BCUT2D eigenvalue weighted by atomic mass is 10.1. The lowest BCUT2D eigenvalue weighted by Crippen LogP contribution is -2.13. The van der Waals surface area contributed by atoms with Crippen LogP contribution in [0.4, 0.5) is 19.3 Å². The van der Waals surface area contributed by atoms with Crippen LogP contribution in [0.2, 0.25) is 0 Å². The maximum Gasteiger partial charge on any atom is 0.419 e. The molecule has 1 aliphatic rings. The third kappa shape index (κ3) is 4.35. The van der Waals surface area contributed by atoms with Crippen LogP contribution in [0.1, 0.15) is 27.6 Å². The third-order valence-electron chi connectivity index (χ3n) is 8.36. The number of carbonyl (C=O) groups excluding carboxylic acids is 2. The van der Waals surface area contributed by atoms with E-state index in [1.54, 1.807) is 28.0 Å². The largest absolute Gasteiger partial charge is 0.444 e. The minimum absolute atomic E-state index is 0.0394. The van der Waals surface area contributed by atoms with Crippen LogP contribution in [0.25, 0.3) is 52.0 Å². The molecule has 9 rings (SSSR count). The lowest BCUT2D eigenvalue weighted by molar-refractivity contribution is 0.106. The summed E-state index contributed by atoms with van der Waals surface area (Å²) in [7, 11) is 0. The van der Waals surface area contributed by atoms with Crippen molar-refractivity contribution in [2.24, 2.45) is 4.99 Å². The van der Waals surface area contributed by atoms with E-state index in [0.29, 0.717) is 16.6 Å². The molecule has 8 nitrogen and oxygen atoms in total. The van der Waals surface area contributed by atoms with Gasteiger partial charge in [0.15, 0.2) is 11.6 Å². The van der Waals surface area contributed by atoms with Crippen molar-refractivity contribution in [3.05, 3.63) is 113 Å². The van der Waals surface area contributed by atoms with Crippen LogP contribution in [0.15, 0.2) is 89.9 Å². The molecule has 234 valence electrons. The van der Waals surface area contributed by atoms with Gasteiger partial charge >= 0.3 is 6.09 Å². The van der Waals surface area contributed by atoms with E-state index in [9.17, 15) is 23.5 Å². The van der Waals surface area contributed by atoms with E-state index in [1.807, 2.05) is 60.7 Å². The molecule has 8 aromatic rings. The zero-order valence-electron chi connectivity index (χ0n) is 24.3. The van der Waals surface area contributed by atoms with Gasteiger partial charge in [-0.1, -0.05) is 48.5 Å². The standard InChI is InChI=1S/C35H18F2N4O4S3/c36-21-12-19-20(13-22(21)37)32(43)29(31(19)42)38-23-11-10-17(27-28(23)40-48-39-27)26-14-24-33(47-26)34-30(18-8-4-5-9-25(18)46-34)41(24)35(44)45-15-16-6-2-1-3-7-16/h1-14,31,42H,15H2/b38-29+. The summed E-state index contributed by atoms with van der Waals surface area (Å²) >= 11 is 4.09. The summed E-state index contributed by atoms with van der Waals surface area (Å²) in [6.07, 6.45) is -2.01. The predicted molar refractivity (Wildman–Crippen MR) is 184 cm³/mol. The topological polar surface area (TPSA) is 107 Å². The van der Waals surface area contributed by atoms with Crippen LogP contribution < -0.4 is 0 Å². The van der Waals surface area contributed by atoms with Gasteiger partial charge in [-0.3, -0.25) is 4.79 Å². The van der Waals surface area contributed by atoms with E-state index in [-0.39, 0.29) is 29.1 Å². The Morgan fingerprint density at radius 1 is 0.896 bits per heavy atom. The first kappa shape index (κ1) is 29.0. The quantitative estimate of drug-likeness (QED) is 0.197. The summed E-state index contributed by atoms with van der Waals surface area (Å²) in [5, 5.41) is 11.8. The van der Waals surface area contributed by atoms with Gasteiger partial charge in [-0.15, -0.1) is 22.7 Å². The number of carbonyl (C=O) groups is 2. The zero-order valence-corrected chi connectivity index (χ0v) is 26.8. The molecule has 4 aromatic carbocycles. The lowest BCUT2D eigenvalue weighted by Gasteiger charge is -2.08. The molecule has 1 atom stereocenters. The number of aliphatic imine (C=N–C) groups is 1. The smallest absolute Gasteiger partial charge is 0.419 e. The van der Waals surface area contributed by atoms with Crippen molar-refractivity contribution in [1.29, 1.82) is 0 Å². The highest BCUT2D eigenvalue weighted by Crippen LogP contribution is 2.47. The van der Waals surface area contributed by atoms with Gasteiger partial charge in [-0.05, 0) is 42.0 Å². The number of hydrogen-bond acceptors (Lipinski definition) is 10. The monoisotopic (exact) mass is 692 g/mol. The minimum atomic E-state index is -1.52. The first-order valence-corrected chi connectivity index (χ1v) is 17.0. The number of halogens is 2. The predicted octanol–water partition coefficient (Wildman–Crippen LogP) is 9.21. The number of ether oxygens (including phenoxy) is 1. The number of hydrogen-bond donors (Lipinski definition) is 1. The first-order valence-electron chi connectivity index (χ1n) is 14.6. The second-order valence-corrected chi connectivity index (χ2v) is 13.8. The highest BCUT2D eigenvalue weighted by Gasteiger charge is 2.37. The summed E-state index contributed by atoms with van der Waals surface area (Å²) in [4.78, 5) is 32.1. The fourth-order valence-electron chi connectivity index (χ4n) is 6.12. The molecule has 0 saturated carbocycles. The van der Waals surface area contributed by atoms with Crippen LogP contribution in [-0.2, 0) is 11.3 Å². The fraction of sp³-hybridized carbons (Fsp3) is 0.0571. The van der Waals surface area contributed by atoms with Crippen molar-refractivity contribution >= 4 is 99.2 Å². The maximum absolute atomic E-state index is 13.9. The van der Waals surface area contributed by atoms with Crippen LogP contribution in [-0.4, -0.2) is 36.0 Å². The van der Waals surface area contributed by atoms with Gasteiger partial charge in [0.1, 0.15) is 29.5 Å². The van der Waals surface area contributed by atoms with Gasteiger partial charge in [-0.25, -0.2) is 23.1 Å². The summed E-state index contributed by atoms with van der Waals surface area (Å²) in [6.45, 7) is 0.126. The second kappa shape index (κ2) is 10.9. The first-order chi connectivity index (χ1) is 23.4. The van der Waals surface area contributed by atoms with Crippen LogP contribution in [0.3, 0.4) is 0 Å². The summed E-state index contributed by atoms with van der Waals surface area (Å²) in [5.74, 6) is -3.03. The molecule has 0 amide bonds. The van der Waals surface area contributed by atoms with Gasteiger partial charge in [0.25, 0.3) is 0 Å². The number of rotatable bonds is 4. The zero-order chi connectivity index (χ0) is 32.7. The maximum atomic E-state index is 13.9. The molecular weight excluding hydrogens is 675 g/mol. The number of benzene rings is 4. The molecule has 48 heavy (non-hydrogen) atoms. The molecule has 1 aliphatic carbocycles. The summed E-state index contributed by atoms with van der Waals surface area (Å²) in [5.41, 5.74) is 3.89. The molecule has 4 aromatic heterocycles. The minimum Gasteiger partial charge on any atom is -0.444 e. The SMILES string of the molecule is O=C1/C(=N/c2ccc(-c3cc4c(s3)c3sc5ccccc5c3n4C(=O)OCc3ccccc3)c3nsnc23)C(O)c2cc(F)c(F)cc21. The molecule has 0 spiro atoms. The number of aliphatic hydroxyl groups is 1. The molecule has 0 aliphatic heterocycles. The number of aliphatic hydroxyl groups excluding tert-OH is 1. The van der Waals surface area contributed by atoms with Gasteiger partial charge < -0.3 is 9.84 Å². The molecule has 0 fully saturated rings. The third-order valence-corrected chi connectivity index (χ3v) is 11.4. The molecular formula is C35H18F2N4O4S3. The summed E-state index contributed by atoms with van der Waals surface area (Å²) in [6, 6.07) is 24.5. The Labute approximate surface area is 281 Å². The highest BCUT2D eigenvalue weighted by molar-refractivity contribution is 7.32. The van der Waals surface area contributed by atoms with Gasteiger partial charge in [-0.2, -0.15) is 8.75 Å². The van der Waals surface area contributed by atoms with Crippen LogP contribution in [0.5, 0.6) is 0 Å². The molecule has 0 radical (unpaired) electrons. The number of fused-ring (bicyclic) bond motifs is 7. The van der Waals surface area contributed by atoms with Crippen molar-refractivity contribution in [3.8, 4) is 10.4 Å². The number of aromatic nitrogens is 3. The Kier molecular flexibility index (Phi) is 6.59. The average molecular weight is 693 g/mol. The molecule has 4 heterocycles. The number of thiophene rings is 2. The molecule has 1 unspecified atom stereocenters. The highest BCUT2D eigenvalue weighted by atomic mass is 32.1. The van der Waals surface area contributed by atoms with E-state index in [2.05, 4.69) is 13.7 Å². The van der Waals surface area contributed by atoms with E-state index in [1.165, 1.54) is 11.3 Å². The van der Waals surface area contributed by atoms with Crippen molar-refractivity contribution in [2.45, 2.75) is 12.7 Å². The normalized spacial score (nSPS) is 15.4. The fourth-order valence-corrected chi connectivity index (χ4v) is 9.19. The van der Waals surface area contributed by atoms with Gasteiger partial charge in [0.05, 0.1) is 37.8 Å². The van der Waals surface area contributed by atoms with Crippen molar-refractivity contribution in [1.82, 2.24) is 13.3 Å². The van der Waals surface area contributed by atoms with Gasteiger partial charge in [0.2, 0.25) is 5.78 Å². The van der Waals surface area contributed by atoms with Crippen molar-refractivity contribution in [2.75, 3.05) is 0 Å². The number of ketones is 1. The molecule has 1 N–H and O–H groups in total. The second-order valence-electron chi connectivity index (χ2n) is 11.2. The van der Waals surface area contributed by atoms with Crippen molar-refractivity contribution < 1.29 is 28.2 Å². The van der Waals surface area contributed by atoms with Crippen LogP contribution in [0, 0.1) is 11.6 Å².